The van der Waals surface area contributed by atoms with Crippen LogP contribution in [0.15, 0.2) is 182 Å². The van der Waals surface area contributed by atoms with E-state index in [4.69, 9.17) is 0 Å². The number of hydrogen-bond acceptors (Lipinski definition) is 0. The first-order valence-electron chi connectivity index (χ1n) is 24.7. The van der Waals surface area contributed by atoms with Crippen molar-refractivity contribution in [1.29, 1.82) is 0 Å². The minimum atomic E-state index is -6.13. The van der Waals surface area contributed by atoms with Gasteiger partial charge in [-0.2, -0.15) is 127 Å². The maximum absolute atomic E-state index is 14.2. The van der Waals surface area contributed by atoms with E-state index in [-0.39, 0.29) is 0 Å². The summed E-state index contributed by atoms with van der Waals surface area (Å²) < 4.78 is 343. The molecule has 0 atom stereocenters. The van der Waals surface area contributed by atoms with E-state index in [0.717, 1.165) is 6.54 Å². The second kappa shape index (κ2) is 21.5. The molecule has 0 amide bonds. The first kappa shape index (κ1) is 62.1. The normalized spacial score (nSPS) is 13.4. The van der Waals surface area contributed by atoms with E-state index in [0.29, 0.717) is 0 Å². The molecule has 0 unspecified atom stereocenters. The largest absolute Gasteiger partial charge is 0.416 e. The molecule has 9 aromatic carbocycles. The van der Waals surface area contributed by atoms with E-state index in [1.54, 1.807) is 0 Å². The minimum absolute atomic E-state index is 0.691. The SMILES string of the molecule is FC(F)(F)c1cc([B-](c2cc(C(F)(F)F)cc(C(F)(F)F)c2)(c2cc(C(F)(F)F)cc(C(F)(F)F)c2)c2cc(C(F)(F)F)cc(C(F)(F)F)c2)cc(C(F)(F)F)c1.c1cc[n+](Cc2c3cc4ccccc4cc3cc3cc4ccccc4cc23)cc1. The highest BCUT2D eigenvalue weighted by Gasteiger charge is 2.47. The minimum Gasteiger partial charge on any atom is -0.201 e. The van der Waals surface area contributed by atoms with Gasteiger partial charge < -0.3 is 0 Å². The van der Waals surface area contributed by atoms with E-state index < -0.39 is 195 Å². The zero-order valence-corrected chi connectivity index (χ0v) is 42.6. The van der Waals surface area contributed by atoms with Gasteiger partial charge in [0.05, 0.1) is 44.5 Å². The van der Waals surface area contributed by atoms with Crippen molar-refractivity contribution in [3.63, 3.8) is 0 Å². The van der Waals surface area contributed by atoms with Crippen molar-refractivity contribution in [3.8, 4) is 0 Å². The van der Waals surface area contributed by atoms with Crippen LogP contribution in [0.25, 0.3) is 43.1 Å². The summed E-state index contributed by atoms with van der Waals surface area (Å²) in [5, 5.41) is 10.4. The summed E-state index contributed by atoms with van der Waals surface area (Å²) in [7, 11) is 0. The number of alkyl halides is 24. The lowest BCUT2D eigenvalue weighted by atomic mass is 9.12. The molecule has 0 bridgehead atoms. The molecule has 26 heteroatoms. The quantitative estimate of drug-likeness (QED) is 0.0676. The molecule has 10 aromatic rings. The van der Waals surface area contributed by atoms with Gasteiger partial charge in [0.1, 0.15) is 6.15 Å². The number of halogens is 24. The molecule has 0 saturated heterocycles. The number of rotatable bonds is 6. The van der Waals surface area contributed by atoms with Gasteiger partial charge in [-0.1, -0.05) is 103 Å². The van der Waals surface area contributed by atoms with Crippen molar-refractivity contribution in [3.05, 3.63) is 232 Å². The lowest BCUT2D eigenvalue weighted by Gasteiger charge is -2.46. The maximum atomic E-state index is 14.2. The Morgan fingerprint density at radius 1 is 0.244 bits per heavy atom. The Balaban J connectivity index is 0.000000251. The zero-order chi connectivity index (χ0) is 63.1. The highest BCUT2D eigenvalue weighted by molar-refractivity contribution is 7.20. The van der Waals surface area contributed by atoms with Crippen LogP contribution < -0.4 is 26.4 Å². The average molecular weight is 1230 g/mol. The predicted octanol–water partition coefficient (Wildman–Crippen LogP) is 17.8. The standard InChI is InChI=1S/C32H12BF24.C28H20N/c34-25(35,36)13-1-14(26(37,38)39)6-21(5-13)33(22-7-15(27(40,41)42)2-16(8-22)28(43,44)45,23-9-17(29(46,47)48)3-18(10-23)30(49,50)51)24-11-19(31(52,53)54)4-20(12-24)32(55,56)57;1-6-12-29(13-7-1)19-28-26-17-22-10-4-2-8-20(22)14-24(26)16-25-15-21-9-3-5-11-23(21)18-27(25)28/h1-12H;1-18H,19H2/q-1;+1. The summed E-state index contributed by atoms with van der Waals surface area (Å²) in [5.41, 5.74) is -28.8. The number of benzene rings is 9. The van der Waals surface area contributed by atoms with E-state index >= 15 is 0 Å². The fraction of sp³-hybridized carbons (Fsp3) is 0.150. The molecular formula is C60H32BF24N. The molecule has 10 rings (SSSR count). The highest BCUT2D eigenvalue weighted by Crippen LogP contribution is 2.42. The number of nitrogens with zero attached hydrogens (tertiary/aromatic N) is 1. The molecule has 0 fully saturated rings. The summed E-state index contributed by atoms with van der Waals surface area (Å²) in [5.74, 6) is 0. The number of hydrogen-bond donors (Lipinski definition) is 0. The van der Waals surface area contributed by atoms with Crippen molar-refractivity contribution in [2.75, 3.05) is 0 Å². The molecule has 86 heavy (non-hydrogen) atoms. The van der Waals surface area contributed by atoms with Crippen LogP contribution in [0.5, 0.6) is 0 Å². The Morgan fingerprint density at radius 3 is 0.698 bits per heavy atom. The lowest BCUT2D eigenvalue weighted by Crippen LogP contribution is -2.75. The molecule has 1 heterocycles. The third-order valence-electron chi connectivity index (χ3n) is 14.4. The van der Waals surface area contributed by atoms with Crippen molar-refractivity contribution in [1.82, 2.24) is 0 Å². The van der Waals surface area contributed by atoms with Crippen LogP contribution in [0, 0.1) is 0 Å². The van der Waals surface area contributed by atoms with E-state index in [1.165, 1.54) is 48.7 Å². The van der Waals surface area contributed by atoms with Gasteiger partial charge in [0.2, 0.25) is 0 Å². The lowest BCUT2D eigenvalue weighted by molar-refractivity contribution is -0.688. The third-order valence-corrected chi connectivity index (χ3v) is 14.4. The van der Waals surface area contributed by atoms with E-state index in [2.05, 4.69) is 114 Å². The van der Waals surface area contributed by atoms with Gasteiger partial charge in [0, 0.05) is 17.7 Å². The van der Waals surface area contributed by atoms with Gasteiger partial charge in [-0.25, -0.2) is 4.57 Å². The summed E-state index contributed by atoms with van der Waals surface area (Å²) in [6.07, 6.45) is -50.5. The molecule has 448 valence electrons. The number of aromatic nitrogens is 1. The molecule has 1 aromatic heterocycles. The van der Waals surface area contributed by atoms with Crippen molar-refractivity contribution in [2.24, 2.45) is 0 Å². The van der Waals surface area contributed by atoms with Crippen molar-refractivity contribution < 1.29 is 110 Å². The number of pyridine rings is 1. The molecular weight excluding hydrogens is 1200 g/mol. The van der Waals surface area contributed by atoms with Crippen LogP contribution in [-0.4, -0.2) is 6.15 Å². The Kier molecular flexibility index (Phi) is 15.5. The first-order chi connectivity index (χ1) is 39.6. The maximum Gasteiger partial charge on any atom is 0.416 e. The Morgan fingerprint density at radius 2 is 0.465 bits per heavy atom. The monoisotopic (exact) mass is 1230 g/mol. The van der Waals surface area contributed by atoms with Crippen LogP contribution in [-0.2, 0) is 56.0 Å². The van der Waals surface area contributed by atoms with Crippen molar-refractivity contribution >= 4 is 71.1 Å². The number of fused-ring (bicyclic) bond motifs is 4. The fourth-order valence-corrected chi connectivity index (χ4v) is 10.6. The summed E-state index contributed by atoms with van der Waals surface area (Å²) in [6.45, 7) is 0.853. The Hall–Kier alpha value is -8.45. The molecule has 0 radical (unpaired) electrons. The smallest absolute Gasteiger partial charge is 0.201 e. The van der Waals surface area contributed by atoms with Gasteiger partial charge in [-0.05, 0) is 97.7 Å². The Labute approximate surface area is 468 Å². The molecule has 0 aliphatic rings. The molecule has 0 N–H and O–H groups in total. The van der Waals surface area contributed by atoms with Gasteiger partial charge >= 0.3 is 49.4 Å². The van der Waals surface area contributed by atoms with Gasteiger partial charge in [-0.15, -0.1) is 0 Å². The zero-order valence-electron chi connectivity index (χ0n) is 42.6. The molecule has 0 spiro atoms. The highest BCUT2D eigenvalue weighted by atomic mass is 19.4. The molecule has 0 aliphatic heterocycles. The second-order valence-electron chi connectivity index (χ2n) is 20.0. The summed E-state index contributed by atoms with van der Waals surface area (Å²) in [4.78, 5) is 0. The van der Waals surface area contributed by atoms with Crippen LogP contribution >= 0.6 is 0 Å². The van der Waals surface area contributed by atoms with Gasteiger partial charge in [0.25, 0.3) is 0 Å². The fourth-order valence-electron chi connectivity index (χ4n) is 10.6. The summed E-state index contributed by atoms with van der Waals surface area (Å²) in [6, 6.07) is 26.5. The van der Waals surface area contributed by atoms with Gasteiger partial charge in [-0.3, -0.25) is 0 Å². The third kappa shape index (κ3) is 12.7. The first-order valence-corrected chi connectivity index (χ1v) is 24.7. The topological polar surface area (TPSA) is 3.88 Å². The molecule has 1 nitrogen and oxygen atoms in total. The van der Waals surface area contributed by atoms with Crippen molar-refractivity contribution in [2.45, 2.75) is 56.0 Å². The van der Waals surface area contributed by atoms with Crippen LogP contribution in [0.1, 0.15) is 50.1 Å². The van der Waals surface area contributed by atoms with Crippen LogP contribution in [0.4, 0.5) is 105 Å². The Bertz CT molecular complexity index is 3670. The molecule has 0 saturated carbocycles. The van der Waals surface area contributed by atoms with E-state index in [9.17, 15) is 105 Å². The molecule has 0 aliphatic carbocycles. The van der Waals surface area contributed by atoms with E-state index in [1.807, 2.05) is 0 Å². The summed E-state index contributed by atoms with van der Waals surface area (Å²) >= 11 is 0. The van der Waals surface area contributed by atoms with Crippen LogP contribution in [0.3, 0.4) is 0 Å². The predicted molar refractivity (Wildman–Crippen MR) is 272 cm³/mol. The second-order valence-corrected chi connectivity index (χ2v) is 20.0. The average Bonchev–Trinajstić information content (AvgIpc) is 0.720. The van der Waals surface area contributed by atoms with Crippen LogP contribution in [0.2, 0.25) is 0 Å². The van der Waals surface area contributed by atoms with Gasteiger partial charge in [0.15, 0.2) is 18.9 Å².